The molecular formula is C15H27ClN2O3. The van der Waals surface area contributed by atoms with Gasteiger partial charge < -0.3 is 14.5 Å². The highest BCUT2D eigenvalue weighted by Crippen LogP contribution is 2.19. The van der Waals surface area contributed by atoms with Crippen LogP contribution in [0.15, 0.2) is 0 Å². The summed E-state index contributed by atoms with van der Waals surface area (Å²) in [4.78, 5) is 27.6. The molecule has 1 saturated heterocycles. The summed E-state index contributed by atoms with van der Waals surface area (Å²) in [6, 6.07) is 0.0393. The van der Waals surface area contributed by atoms with E-state index in [1.54, 1.807) is 4.90 Å². The maximum absolute atomic E-state index is 12.2. The van der Waals surface area contributed by atoms with Crippen molar-refractivity contribution in [2.45, 2.75) is 58.6 Å². The number of halogens is 1. The van der Waals surface area contributed by atoms with Crippen molar-refractivity contribution < 1.29 is 14.3 Å². The fourth-order valence-electron chi connectivity index (χ4n) is 2.51. The van der Waals surface area contributed by atoms with Gasteiger partial charge in [-0.25, -0.2) is 4.79 Å². The Balaban J connectivity index is 2.69. The number of ether oxygens (including phenoxy) is 1. The molecule has 2 amide bonds. The summed E-state index contributed by atoms with van der Waals surface area (Å²) >= 11 is 5.67. The van der Waals surface area contributed by atoms with Crippen molar-refractivity contribution in [3.8, 4) is 0 Å². The summed E-state index contributed by atoms with van der Waals surface area (Å²) in [5.41, 5.74) is -0.511. The first-order valence-electron chi connectivity index (χ1n) is 7.62. The van der Waals surface area contributed by atoms with Crippen LogP contribution in [-0.4, -0.2) is 59.0 Å². The summed E-state index contributed by atoms with van der Waals surface area (Å²) in [7, 11) is 0. The predicted molar refractivity (Wildman–Crippen MR) is 83.6 cm³/mol. The van der Waals surface area contributed by atoms with E-state index < -0.39 is 5.60 Å². The zero-order chi connectivity index (χ0) is 16.0. The van der Waals surface area contributed by atoms with Crippen LogP contribution in [0.4, 0.5) is 4.79 Å². The molecule has 0 unspecified atom stereocenters. The minimum atomic E-state index is -0.511. The van der Waals surface area contributed by atoms with Crippen LogP contribution in [0.1, 0.15) is 47.0 Å². The number of hydrogen-bond acceptors (Lipinski definition) is 3. The van der Waals surface area contributed by atoms with Crippen molar-refractivity contribution in [2.24, 2.45) is 0 Å². The van der Waals surface area contributed by atoms with Crippen molar-refractivity contribution in [1.82, 2.24) is 9.80 Å². The molecule has 1 aliphatic heterocycles. The molecule has 0 N–H and O–H groups in total. The fraction of sp³-hybridized carbons (Fsp3) is 0.867. The lowest BCUT2D eigenvalue weighted by atomic mass is 10.0. The number of alkyl halides is 1. The van der Waals surface area contributed by atoms with Crippen molar-refractivity contribution in [1.29, 1.82) is 0 Å². The molecule has 122 valence electrons. The van der Waals surface area contributed by atoms with Gasteiger partial charge in [-0.2, -0.15) is 0 Å². The van der Waals surface area contributed by atoms with Crippen LogP contribution in [0, 0.1) is 0 Å². The smallest absolute Gasteiger partial charge is 0.410 e. The average molecular weight is 319 g/mol. The Hall–Kier alpha value is -0.970. The van der Waals surface area contributed by atoms with Crippen molar-refractivity contribution >= 4 is 23.6 Å². The number of amides is 2. The van der Waals surface area contributed by atoms with E-state index in [0.717, 1.165) is 25.8 Å². The Kier molecular flexibility index (Phi) is 6.78. The molecule has 1 atom stereocenters. The van der Waals surface area contributed by atoms with Gasteiger partial charge in [0, 0.05) is 25.7 Å². The van der Waals surface area contributed by atoms with E-state index in [4.69, 9.17) is 16.3 Å². The number of likely N-dealkylation sites (N-methyl/N-ethyl adjacent to an activating group) is 1. The Morgan fingerprint density at radius 1 is 1.33 bits per heavy atom. The summed E-state index contributed by atoms with van der Waals surface area (Å²) < 4.78 is 5.41. The van der Waals surface area contributed by atoms with Crippen LogP contribution in [0.5, 0.6) is 0 Å². The van der Waals surface area contributed by atoms with Gasteiger partial charge in [0.1, 0.15) is 11.5 Å². The summed E-state index contributed by atoms with van der Waals surface area (Å²) in [5, 5.41) is 0. The molecule has 1 fully saturated rings. The lowest BCUT2D eigenvalue weighted by Crippen LogP contribution is -2.51. The van der Waals surface area contributed by atoms with Gasteiger partial charge in [0.15, 0.2) is 0 Å². The third-order valence-corrected chi connectivity index (χ3v) is 3.75. The van der Waals surface area contributed by atoms with Crippen molar-refractivity contribution in [2.75, 3.05) is 25.5 Å². The maximum atomic E-state index is 12.2. The van der Waals surface area contributed by atoms with Gasteiger partial charge in [-0.3, -0.25) is 4.79 Å². The summed E-state index contributed by atoms with van der Waals surface area (Å²) in [5.74, 6) is -0.0590. The first-order valence-corrected chi connectivity index (χ1v) is 8.15. The molecule has 0 bridgehead atoms. The molecule has 0 saturated carbocycles. The molecule has 1 aliphatic rings. The summed E-state index contributed by atoms with van der Waals surface area (Å²) in [6.45, 7) is 9.26. The second-order valence-corrected chi connectivity index (χ2v) is 6.66. The average Bonchev–Trinajstić information content (AvgIpc) is 2.42. The molecule has 0 aromatic carbocycles. The number of likely N-dealkylation sites (tertiary alicyclic amines) is 1. The van der Waals surface area contributed by atoms with E-state index in [0.29, 0.717) is 13.1 Å². The van der Waals surface area contributed by atoms with E-state index in [9.17, 15) is 9.59 Å². The molecule has 21 heavy (non-hydrogen) atoms. The third-order valence-electron chi connectivity index (χ3n) is 3.53. The lowest BCUT2D eigenvalue weighted by Gasteiger charge is -2.38. The molecule has 5 nitrogen and oxygen atoms in total. The van der Waals surface area contributed by atoms with Crippen LogP contribution in [-0.2, 0) is 9.53 Å². The van der Waals surface area contributed by atoms with E-state index in [1.807, 2.05) is 32.6 Å². The Labute approximate surface area is 132 Å². The first-order chi connectivity index (χ1) is 9.78. The van der Waals surface area contributed by atoms with E-state index in [-0.39, 0.29) is 23.9 Å². The van der Waals surface area contributed by atoms with Crippen LogP contribution < -0.4 is 0 Å². The second kappa shape index (κ2) is 7.87. The van der Waals surface area contributed by atoms with Gasteiger partial charge in [0.25, 0.3) is 0 Å². The Bertz CT molecular complexity index is 368. The van der Waals surface area contributed by atoms with Gasteiger partial charge in [0.2, 0.25) is 5.91 Å². The predicted octanol–water partition coefficient (Wildman–Crippen LogP) is 2.86. The van der Waals surface area contributed by atoms with E-state index in [2.05, 4.69) is 0 Å². The molecule has 0 aromatic heterocycles. The largest absolute Gasteiger partial charge is 0.444 e. The summed E-state index contributed by atoms with van der Waals surface area (Å²) in [6.07, 6.45) is 2.65. The highest BCUT2D eigenvalue weighted by molar-refractivity contribution is 6.27. The number of piperidine rings is 1. The number of hydrogen-bond donors (Lipinski definition) is 0. The minimum absolute atomic E-state index is 0.00490. The van der Waals surface area contributed by atoms with Gasteiger partial charge in [-0.1, -0.05) is 0 Å². The molecule has 0 aromatic rings. The van der Waals surface area contributed by atoms with E-state index in [1.165, 1.54) is 0 Å². The van der Waals surface area contributed by atoms with Crippen molar-refractivity contribution in [3.05, 3.63) is 0 Å². The molecule has 0 radical (unpaired) electrons. The number of carbonyl (C=O) groups excluding carboxylic acids is 2. The monoisotopic (exact) mass is 318 g/mol. The number of rotatable bonds is 4. The first kappa shape index (κ1) is 18.1. The molecule has 6 heteroatoms. The quantitative estimate of drug-likeness (QED) is 0.749. The third kappa shape index (κ3) is 5.73. The maximum Gasteiger partial charge on any atom is 0.410 e. The topological polar surface area (TPSA) is 49.9 Å². The van der Waals surface area contributed by atoms with Gasteiger partial charge in [-0.15, -0.1) is 11.6 Å². The zero-order valence-electron chi connectivity index (χ0n) is 13.5. The number of nitrogens with zero attached hydrogens (tertiary/aromatic N) is 2. The Morgan fingerprint density at radius 3 is 2.52 bits per heavy atom. The van der Waals surface area contributed by atoms with Crippen LogP contribution in [0.25, 0.3) is 0 Å². The van der Waals surface area contributed by atoms with Crippen molar-refractivity contribution in [3.63, 3.8) is 0 Å². The second-order valence-electron chi connectivity index (χ2n) is 6.39. The van der Waals surface area contributed by atoms with Crippen LogP contribution in [0.3, 0.4) is 0 Å². The lowest BCUT2D eigenvalue weighted by molar-refractivity contribution is -0.132. The molecule has 1 heterocycles. The molecular weight excluding hydrogens is 292 g/mol. The van der Waals surface area contributed by atoms with Gasteiger partial charge in [-0.05, 0) is 47.0 Å². The van der Waals surface area contributed by atoms with Crippen LogP contribution in [0.2, 0.25) is 0 Å². The molecule has 1 rings (SSSR count). The van der Waals surface area contributed by atoms with Gasteiger partial charge >= 0.3 is 6.09 Å². The highest BCUT2D eigenvalue weighted by Gasteiger charge is 2.30. The fourth-order valence-corrected chi connectivity index (χ4v) is 2.66. The molecule has 0 spiro atoms. The highest BCUT2D eigenvalue weighted by atomic mass is 35.5. The van der Waals surface area contributed by atoms with Crippen LogP contribution >= 0.6 is 11.6 Å². The Morgan fingerprint density at radius 2 is 2.00 bits per heavy atom. The zero-order valence-corrected chi connectivity index (χ0v) is 14.3. The normalized spacial score (nSPS) is 19.3. The van der Waals surface area contributed by atoms with Gasteiger partial charge in [0.05, 0.1) is 0 Å². The SMILES string of the molecule is CCN(C[C@@H]1CCCCN1C(=O)CCl)C(=O)OC(C)(C)C. The minimum Gasteiger partial charge on any atom is -0.444 e. The molecule has 0 aliphatic carbocycles. The van der Waals surface area contributed by atoms with E-state index >= 15 is 0 Å². The standard InChI is InChI=1S/C15H27ClN2O3/c1-5-17(14(20)21-15(2,3)4)11-12-8-6-7-9-18(12)13(19)10-16/h12H,5-11H2,1-4H3/t12-/m0/s1. The number of carbonyl (C=O) groups is 2.